The van der Waals surface area contributed by atoms with Crippen LogP contribution in [0, 0.1) is 112 Å². The molecule has 1 saturated carbocycles. The van der Waals surface area contributed by atoms with E-state index in [4.69, 9.17) is 6.57 Å². The molecule has 44 heavy (non-hydrogen) atoms. The smallest absolute Gasteiger partial charge is 0.237 e. The number of nitrogens with zero attached hydrogens (tertiary/aromatic N) is 4. The Bertz CT molecular complexity index is 1900. The first-order valence-electron chi connectivity index (χ1n) is 11.0. The van der Waals surface area contributed by atoms with Crippen LogP contribution in [0.5, 0.6) is 0 Å². The van der Waals surface area contributed by atoms with E-state index in [1.54, 1.807) is 0 Å². The van der Waals surface area contributed by atoms with Crippen LogP contribution in [-0.2, 0) is 0 Å². The van der Waals surface area contributed by atoms with Crippen molar-refractivity contribution in [3.63, 3.8) is 0 Å². The Balaban J connectivity index is 2.35. The van der Waals surface area contributed by atoms with Crippen molar-refractivity contribution in [1.29, 1.82) is 10.5 Å². The third kappa shape index (κ3) is 4.34. The van der Waals surface area contributed by atoms with E-state index in [9.17, 15) is 67.6 Å². The molecule has 1 heterocycles. The monoisotopic (exact) mass is 630 g/mol. The summed E-state index contributed by atoms with van der Waals surface area (Å²) >= 11 is 0. The highest BCUT2D eigenvalue weighted by molar-refractivity contribution is 6.11. The maximum Gasteiger partial charge on any atom is 0.251 e. The highest BCUT2D eigenvalue weighted by atomic mass is 19.2. The maximum atomic E-state index is 14.9. The normalized spacial score (nSPS) is 15.8. The van der Waals surface area contributed by atoms with E-state index in [0.717, 1.165) is 12.1 Å². The van der Waals surface area contributed by atoms with Crippen molar-refractivity contribution in [2.75, 3.05) is 0 Å². The SMILES string of the molecule is [C-]#[N+]C(=C1C(=C(C#N)c2c(F)c(F)c(C)c(F)c2F)C1=C(C#N)c1c(F)c(F)c(F)c(F)c1F)c1c(F)c(F)nc(F)c1F. The fraction of sp³-hybridized carbons (Fsp3) is 0.0370. The van der Waals surface area contributed by atoms with Gasteiger partial charge in [-0.25, -0.2) is 53.1 Å². The van der Waals surface area contributed by atoms with Crippen LogP contribution >= 0.6 is 0 Å². The minimum atomic E-state index is -2.73. The molecule has 2 aromatic carbocycles. The molecule has 0 atom stereocenters. The number of aromatic nitrogens is 1. The Labute approximate surface area is 235 Å². The van der Waals surface area contributed by atoms with E-state index in [1.807, 2.05) is 0 Å². The van der Waals surface area contributed by atoms with Crippen LogP contribution in [0.3, 0.4) is 0 Å². The van der Waals surface area contributed by atoms with Crippen molar-refractivity contribution in [1.82, 2.24) is 4.98 Å². The lowest BCUT2D eigenvalue weighted by Gasteiger charge is -2.09. The molecule has 0 bridgehead atoms. The first-order chi connectivity index (χ1) is 20.6. The zero-order valence-electron chi connectivity index (χ0n) is 20.7. The number of hydrogen-bond donors (Lipinski definition) is 0. The summed E-state index contributed by atoms with van der Waals surface area (Å²) in [5, 5.41) is 19.4. The molecule has 1 aliphatic rings. The molecule has 3 aromatic rings. The highest BCUT2D eigenvalue weighted by Gasteiger charge is 2.45. The van der Waals surface area contributed by atoms with E-state index < -0.39 is 132 Å². The molecule has 0 spiro atoms. The topological polar surface area (TPSA) is 64.8 Å². The van der Waals surface area contributed by atoms with E-state index in [1.165, 1.54) is 0 Å². The third-order valence-electron chi connectivity index (χ3n) is 6.19. The maximum absolute atomic E-state index is 14.9. The summed E-state index contributed by atoms with van der Waals surface area (Å²) in [5.74, 6) is -31.9. The molecule has 0 unspecified atom stereocenters. The predicted molar refractivity (Wildman–Crippen MR) is 120 cm³/mol. The number of benzene rings is 2. The van der Waals surface area contributed by atoms with Gasteiger partial charge < -0.3 is 0 Å². The number of hydrogen-bond acceptors (Lipinski definition) is 3. The minimum Gasteiger partial charge on any atom is -0.237 e. The average molecular weight is 630 g/mol. The molecule has 0 saturated heterocycles. The van der Waals surface area contributed by atoms with Crippen molar-refractivity contribution >= 4 is 16.8 Å². The van der Waals surface area contributed by atoms with Crippen LogP contribution in [0.1, 0.15) is 22.3 Å². The second kappa shape index (κ2) is 10.9. The molecule has 0 amide bonds. The molecule has 0 N–H and O–H groups in total. The van der Waals surface area contributed by atoms with Gasteiger partial charge in [0, 0.05) is 5.56 Å². The zero-order valence-corrected chi connectivity index (χ0v) is 20.7. The summed E-state index contributed by atoms with van der Waals surface area (Å²) in [6.07, 6.45) is 0. The quantitative estimate of drug-likeness (QED) is 0.0742. The van der Waals surface area contributed by atoms with Crippen LogP contribution in [-0.4, -0.2) is 4.98 Å². The molecule has 1 aliphatic carbocycles. The van der Waals surface area contributed by atoms with Crippen molar-refractivity contribution < 1.29 is 57.1 Å². The summed E-state index contributed by atoms with van der Waals surface area (Å²) in [4.78, 5) is 4.83. The summed E-state index contributed by atoms with van der Waals surface area (Å²) in [6, 6.07) is 1.96. The van der Waals surface area contributed by atoms with Crippen LogP contribution in [0.4, 0.5) is 57.1 Å². The Hall–Kier alpha value is -5.63. The average Bonchev–Trinajstić information content (AvgIpc) is 3.72. The van der Waals surface area contributed by atoms with Gasteiger partial charge in [0.25, 0.3) is 11.9 Å². The molecule has 4 nitrogen and oxygen atoms in total. The van der Waals surface area contributed by atoms with Crippen LogP contribution in [0.2, 0.25) is 0 Å². The number of rotatable bonds is 3. The highest BCUT2D eigenvalue weighted by Crippen LogP contribution is 2.57. The number of pyridine rings is 1. The van der Waals surface area contributed by atoms with Crippen LogP contribution in [0.15, 0.2) is 16.7 Å². The molecule has 0 radical (unpaired) electrons. The second-order valence-corrected chi connectivity index (χ2v) is 8.46. The lowest BCUT2D eigenvalue weighted by atomic mass is 9.99. The molecule has 222 valence electrons. The van der Waals surface area contributed by atoms with E-state index >= 15 is 0 Å². The van der Waals surface area contributed by atoms with Crippen molar-refractivity contribution in [2.24, 2.45) is 0 Å². The predicted octanol–water partition coefficient (Wildman–Crippen LogP) is 7.80. The molecule has 0 aliphatic heterocycles. The third-order valence-corrected chi connectivity index (χ3v) is 6.19. The summed E-state index contributed by atoms with van der Waals surface area (Å²) < 4.78 is 187. The standard InChI is InChI=1S/C27H3F13N4/c1-5-14(28)16(30)10(17(31)15(5)29)6(3-41)8-9(7(4-42)11-18(32)22(36)24(38)23(37)19(11)33)12(8)25(43-2)13-20(34)26(39)44-27(40)21(13)35/h1H3. The van der Waals surface area contributed by atoms with E-state index in [-0.39, 0.29) is 0 Å². The number of halogens is 13. The van der Waals surface area contributed by atoms with Gasteiger partial charge >= 0.3 is 0 Å². The lowest BCUT2D eigenvalue weighted by Crippen LogP contribution is -2.06. The van der Waals surface area contributed by atoms with Gasteiger partial charge in [-0.2, -0.15) is 24.3 Å². The van der Waals surface area contributed by atoms with Gasteiger partial charge in [-0.3, -0.25) is 0 Å². The van der Waals surface area contributed by atoms with E-state index in [0.29, 0.717) is 6.92 Å². The second-order valence-electron chi connectivity index (χ2n) is 8.46. The van der Waals surface area contributed by atoms with Gasteiger partial charge in [-0.05, 0) is 23.6 Å². The molecule has 1 aromatic heterocycles. The van der Waals surface area contributed by atoms with Crippen molar-refractivity contribution in [2.45, 2.75) is 6.92 Å². The Morgan fingerprint density at radius 2 is 0.864 bits per heavy atom. The first kappa shape index (κ1) is 31.3. The van der Waals surface area contributed by atoms with E-state index in [2.05, 4.69) is 9.83 Å². The molecule has 4 rings (SSSR count). The number of nitriles is 2. The van der Waals surface area contributed by atoms with Gasteiger partial charge in [0.15, 0.2) is 58.2 Å². The molecule has 17 heteroatoms. The summed E-state index contributed by atoms with van der Waals surface area (Å²) in [6.45, 7) is 7.88. The molecular weight excluding hydrogens is 627 g/mol. The van der Waals surface area contributed by atoms with Crippen LogP contribution < -0.4 is 0 Å². The number of allylic oxidation sites excluding steroid dienone is 5. The van der Waals surface area contributed by atoms with Gasteiger partial charge in [0.2, 0.25) is 11.5 Å². The van der Waals surface area contributed by atoms with Gasteiger partial charge in [-0.1, -0.05) is 0 Å². The Morgan fingerprint density at radius 3 is 1.20 bits per heavy atom. The largest absolute Gasteiger partial charge is 0.251 e. The van der Waals surface area contributed by atoms with Crippen LogP contribution in [0.25, 0.3) is 21.7 Å². The Kier molecular flexibility index (Phi) is 7.75. The molecule has 1 fully saturated rings. The molecular formula is C27H3F13N4. The lowest BCUT2D eigenvalue weighted by molar-refractivity contribution is 0.376. The van der Waals surface area contributed by atoms with Crippen molar-refractivity contribution in [3.05, 3.63) is 126 Å². The fourth-order valence-corrected chi connectivity index (χ4v) is 4.11. The summed E-state index contributed by atoms with van der Waals surface area (Å²) in [7, 11) is 0. The summed E-state index contributed by atoms with van der Waals surface area (Å²) in [5.41, 5.74) is -16.4. The first-order valence-corrected chi connectivity index (χ1v) is 11.0. The zero-order chi connectivity index (χ0) is 33.1. The van der Waals surface area contributed by atoms with Gasteiger partial charge in [-0.15, -0.1) is 0 Å². The van der Waals surface area contributed by atoms with Gasteiger partial charge in [0.05, 0.1) is 34.4 Å². The van der Waals surface area contributed by atoms with Crippen molar-refractivity contribution in [3.8, 4) is 12.1 Å². The fourth-order valence-electron chi connectivity index (χ4n) is 4.11. The minimum absolute atomic E-state index is 0.555. The Morgan fingerprint density at radius 1 is 0.523 bits per heavy atom. The van der Waals surface area contributed by atoms with Gasteiger partial charge in [0.1, 0.15) is 12.1 Å².